The minimum absolute atomic E-state index is 0.162. The van der Waals surface area contributed by atoms with Gasteiger partial charge in [0.2, 0.25) is 0 Å². The lowest BCUT2D eigenvalue weighted by Gasteiger charge is -2.13. The molecule has 0 bridgehead atoms. The van der Waals surface area contributed by atoms with Crippen LogP contribution in [-0.2, 0) is 9.53 Å². The van der Waals surface area contributed by atoms with Crippen LogP contribution in [-0.4, -0.2) is 12.6 Å². The van der Waals surface area contributed by atoms with Gasteiger partial charge in [0.05, 0.1) is 12.5 Å². The molecular weight excluding hydrogens is 190 g/mol. The van der Waals surface area contributed by atoms with Crippen LogP contribution in [0.2, 0.25) is 0 Å². The van der Waals surface area contributed by atoms with E-state index in [4.69, 9.17) is 10.5 Å². The van der Waals surface area contributed by atoms with E-state index in [1.54, 1.807) is 12.1 Å². The number of nitrogen functional groups attached to an aromatic ring is 1. The quantitative estimate of drug-likeness (QED) is 0.609. The highest BCUT2D eigenvalue weighted by Gasteiger charge is 2.19. The van der Waals surface area contributed by atoms with Crippen LogP contribution < -0.4 is 5.73 Å². The second-order valence-electron chi connectivity index (χ2n) is 3.38. The van der Waals surface area contributed by atoms with Crippen molar-refractivity contribution in [3.63, 3.8) is 0 Å². The number of rotatable bonds is 4. The molecule has 0 aliphatic heterocycles. The summed E-state index contributed by atoms with van der Waals surface area (Å²) in [5, 5.41) is 0. The molecule has 82 valence electrons. The van der Waals surface area contributed by atoms with Crippen molar-refractivity contribution in [1.29, 1.82) is 0 Å². The highest BCUT2D eigenvalue weighted by molar-refractivity contribution is 5.78. The number of carbonyl (C=O) groups is 1. The number of carbonyl (C=O) groups excluding carboxylic acids is 1. The van der Waals surface area contributed by atoms with E-state index in [9.17, 15) is 4.79 Å². The number of nitrogens with two attached hydrogens (primary N) is 1. The average molecular weight is 207 g/mol. The van der Waals surface area contributed by atoms with E-state index in [-0.39, 0.29) is 11.9 Å². The molecule has 0 fully saturated rings. The highest BCUT2D eigenvalue weighted by atomic mass is 16.5. The van der Waals surface area contributed by atoms with E-state index in [2.05, 4.69) is 0 Å². The van der Waals surface area contributed by atoms with E-state index < -0.39 is 0 Å². The number of esters is 1. The van der Waals surface area contributed by atoms with Crippen molar-refractivity contribution in [2.24, 2.45) is 0 Å². The van der Waals surface area contributed by atoms with Crippen LogP contribution in [0.15, 0.2) is 24.3 Å². The number of benzene rings is 1. The summed E-state index contributed by atoms with van der Waals surface area (Å²) < 4.78 is 5.01. The Morgan fingerprint density at radius 2 is 1.93 bits per heavy atom. The highest BCUT2D eigenvalue weighted by Crippen LogP contribution is 2.21. The Kier molecular flexibility index (Phi) is 4.16. The molecule has 0 heterocycles. The summed E-state index contributed by atoms with van der Waals surface area (Å²) in [5.41, 5.74) is 7.26. The van der Waals surface area contributed by atoms with Gasteiger partial charge in [-0.1, -0.05) is 19.1 Å². The molecule has 2 N–H and O–H groups in total. The Balaban J connectivity index is 2.82. The van der Waals surface area contributed by atoms with Crippen LogP contribution in [0.4, 0.5) is 5.69 Å². The summed E-state index contributed by atoms with van der Waals surface area (Å²) >= 11 is 0. The van der Waals surface area contributed by atoms with Gasteiger partial charge in [0.15, 0.2) is 0 Å². The maximum Gasteiger partial charge on any atom is 0.313 e. The lowest BCUT2D eigenvalue weighted by atomic mass is 9.96. The molecular formula is C12H17NO2. The molecule has 0 spiro atoms. The topological polar surface area (TPSA) is 52.3 Å². The predicted molar refractivity (Wildman–Crippen MR) is 60.5 cm³/mol. The molecule has 15 heavy (non-hydrogen) atoms. The monoisotopic (exact) mass is 207 g/mol. The Morgan fingerprint density at radius 1 is 1.33 bits per heavy atom. The fraction of sp³-hybridized carbons (Fsp3) is 0.417. The van der Waals surface area contributed by atoms with Crippen LogP contribution >= 0.6 is 0 Å². The van der Waals surface area contributed by atoms with Crippen LogP contribution in [0.25, 0.3) is 0 Å². The predicted octanol–water partition coefficient (Wildman–Crippen LogP) is 2.33. The Hall–Kier alpha value is -1.51. The first-order valence-corrected chi connectivity index (χ1v) is 5.21. The zero-order valence-electron chi connectivity index (χ0n) is 9.19. The van der Waals surface area contributed by atoms with E-state index >= 15 is 0 Å². The lowest BCUT2D eigenvalue weighted by Crippen LogP contribution is -2.15. The zero-order valence-corrected chi connectivity index (χ0v) is 9.19. The number of hydrogen-bond donors (Lipinski definition) is 1. The molecule has 3 nitrogen and oxygen atoms in total. The summed E-state index contributed by atoms with van der Waals surface area (Å²) in [7, 11) is 0. The van der Waals surface area contributed by atoms with Gasteiger partial charge in [0.25, 0.3) is 0 Å². The Bertz CT molecular complexity index is 319. The molecule has 0 aromatic heterocycles. The van der Waals surface area contributed by atoms with Crippen molar-refractivity contribution >= 4 is 11.7 Å². The van der Waals surface area contributed by atoms with Gasteiger partial charge in [0, 0.05) is 5.69 Å². The van der Waals surface area contributed by atoms with Crippen LogP contribution in [0, 0.1) is 0 Å². The molecule has 1 aromatic carbocycles. The van der Waals surface area contributed by atoms with Crippen LogP contribution in [0.5, 0.6) is 0 Å². The molecule has 1 rings (SSSR count). The molecule has 0 radical (unpaired) electrons. The first-order valence-electron chi connectivity index (χ1n) is 5.21. The van der Waals surface area contributed by atoms with Crippen molar-refractivity contribution in [1.82, 2.24) is 0 Å². The maximum absolute atomic E-state index is 11.6. The van der Waals surface area contributed by atoms with Crippen molar-refractivity contribution in [3.8, 4) is 0 Å². The maximum atomic E-state index is 11.6. The molecule has 1 atom stereocenters. The van der Waals surface area contributed by atoms with E-state index in [1.807, 2.05) is 26.0 Å². The Morgan fingerprint density at radius 3 is 2.40 bits per heavy atom. The largest absolute Gasteiger partial charge is 0.466 e. The molecule has 0 saturated heterocycles. The molecule has 3 heteroatoms. The zero-order chi connectivity index (χ0) is 11.3. The summed E-state index contributed by atoms with van der Waals surface area (Å²) in [6, 6.07) is 7.36. The minimum Gasteiger partial charge on any atom is -0.466 e. The number of ether oxygens (including phenoxy) is 1. The third kappa shape index (κ3) is 2.98. The first-order chi connectivity index (χ1) is 7.19. The summed E-state index contributed by atoms with van der Waals surface area (Å²) in [6.45, 7) is 4.20. The van der Waals surface area contributed by atoms with Gasteiger partial charge in [-0.15, -0.1) is 0 Å². The third-order valence-corrected chi connectivity index (χ3v) is 2.32. The van der Waals surface area contributed by atoms with Crippen molar-refractivity contribution < 1.29 is 9.53 Å². The van der Waals surface area contributed by atoms with Gasteiger partial charge in [-0.25, -0.2) is 0 Å². The normalized spacial score (nSPS) is 12.1. The first kappa shape index (κ1) is 11.6. The summed E-state index contributed by atoms with van der Waals surface area (Å²) in [5.74, 6) is -0.338. The van der Waals surface area contributed by atoms with E-state index in [1.165, 1.54) is 0 Å². The van der Waals surface area contributed by atoms with Crippen molar-refractivity contribution in [2.75, 3.05) is 12.3 Å². The second kappa shape index (κ2) is 5.39. The number of hydrogen-bond acceptors (Lipinski definition) is 3. The number of anilines is 1. The standard InChI is InChI=1S/C12H17NO2/c1-3-11(12(14)15-4-2)9-5-7-10(13)8-6-9/h5-8,11H,3-4,13H2,1-2H3. The second-order valence-corrected chi connectivity index (χ2v) is 3.38. The smallest absolute Gasteiger partial charge is 0.313 e. The fourth-order valence-electron chi connectivity index (χ4n) is 1.51. The molecule has 0 aliphatic rings. The summed E-state index contributed by atoms with van der Waals surface area (Å²) in [6.07, 6.45) is 0.739. The SMILES string of the molecule is CCOC(=O)C(CC)c1ccc(N)cc1. The van der Waals surface area contributed by atoms with Gasteiger partial charge in [-0.2, -0.15) is 0 Å². The van der Waals surface area contributed by atoms with Gasteiger partial charge >= 0.3 is 5.97 Å². The third-order valence-electron chi connectivity index (χ3n) is 2.32. The van der Waals surface area contributed by atoms with Gasteiger partial charge in [-0.3, -0.25) is 4.79 Å². The molecule has 0 amide bonds. The lowest BCUT2D eigenvalue weighted by molar-refractivity contribution is -0.145. The Labute approximate surface area is 90.2 Å². The average Bonchev–Trinajstić information content (AvgIpc) is 2.22. The fourth-order valence-corrected chi connectivity index (χ4v) is 1.51. The molecule has 0 aliphatic carbocycles. The van der Waals surface area contributed by atoms with Gasteiger partial charge in [-0.05, 0) is 31.0 Å². The van der Waals surface area contributed by atoms with Crippen LogP contribution in [0.3, 0.4) is 0 Å². The minimum atomic E-state index is -0.175. The van der Waals surface area contributed by atoms with Gasteiger partial charge in [0.1, 0.15) is 0 Å². The van der Waals surface area contributed by atoms with E-state index in [0.29, 0.717) is 12.3 Å². The summed E-state index contributed by atoms with van der Waals surface area (Å²) in [4.78, 5) is 11.6. The molecule has 1 aromatic rings. The van der Waals surface area contributed by atoms with E-state index in [0.717, 1.165) is 12.0 Å². The van der Waals surface area contributed by atoms with Crippen molar-refractivity contribution in [2.45, 2.75) is 26.2 Å². The van der Waals surface area contributed by atoms with Crippen LogP contribution in [0.1, 0.15) is 31.7 Å². The molecule has 0 saturated carbocycles. The molecule has 1 unspecified atom stereocenters. The van der Waals surface area contributed by atoms with Crippen molar-refractivity contribution in [3.05, 3.63) is 29.8 Å². The van der Waals surface area contributed by atoms with Gasteiger partial charge < -0.3 is 10.5 Å².